The SMILES string of the molecule is CC(C)C(C)(C)[SiH2]OC=O. The molecule has 0 bridgehead atoms. The van der Waals surface area contributed by atoms with Gasteiger partial charge in [0.25, 0.3) is 6.47 Å². The maximum atomic E-state index is 9.89. The van der Waals surface area contributed by atoms with Crippen molar-refractivity contribution in [2.75, 3.05) is 0 Å². The minimum Gasteiger partial charge on any atom is -0.527 e. The molecule has 0 unspecified atom stereocenters. The summed E-state index contributed by atoms with van der Waals surface area (Å²) in [6, 6.07) is 0. The van der Waals surface area contributed by atoms with Crippen molar-refractivity contribution in [1.29, 1.82) is 0 Å². The van der Waals surface area contributed by atoms with E-state index in [1.807, 2.05) is 0 Å². The van der Waals surface area contributed by atoms with Crippen molar-refractivity contribution in [3.05, 3.63) is 0 Å². The molecule has 0 radical (unpaired) electrons. The van der Waals surface area contributed by atoms with Crippen LogP contribution < -0.4 is 0 Å². The standard InChI is InChI=1S/C7H16O2Si/c1-6(2)7(3,4)10-9-5-8/h5-6H,10H2,1-4H3. The van der Waals surface area contributed by atoms with Crippen LogP contribution in [0.25, 0.3) is 0 Å². The summed E-state index contributed by atoms with van der Waals surface area (Å²) < 4.78 is 4.82. The summed E-state index contributed by atoms with van der Waals surface area (Å²) in [5.74, 6) is 0.596. The molecule has 0 heterocycles. The highest BCUT2D eigenvalue weighted by Gasteiger charge is 2.23. The molecule has 60 valence electrons. The van der Waals surface area contributed by atoms with Gasteiger partial charge < -0.3 is 4.43 Å². The molecular formula is C7H16O2Si. The zero-order valence-corrected chi connectivity index (χ0v) is 8.59. The smallest absolute Gasteiger partial charge is 0.279 e. The lowest BCUT2D eigenvalue weighted by Crippen LogP contribution is -2.21. The zero-order valence-electron chi connectivity index (χ0n) is 7.18. The molecular weight excluding hydrogens is 144 g/mol. The molecule has 10 heavy (non-hydrogen) atoms. The Morgan fingerprint density at radius 3 is 2.30 bits per heavy atom. The lowest BCUT2D eigenvalue weighted by Gasteiger charge is -2.26. The molecule has 0 aromatic carbocycles. The molecule has 3 heteroatoms. The molecule has 0 rings (SSSR count). The van der Waals surface area contributed by atoms with Crippen molar-refractivity contribution in [3.63, 3.8) is 0 Å². The van der Waals surface area contributed by atoms with Crippen LogP contribution in [0, 0.1) is 5.92 Å². The Labute approximate surface area is 64.9 Å². The van der Waals surface area contributed by atoms with Crippen molar-refractivity contribution in [2.24, 2.45) is 5.92 Å². The summed E-state index contributed by atoms with van der Waals surface area (Å²) in [7, 11) is -0.676. The van der Waals surface area contributed by atoms with Crippen LogP contribution in [0.5, 0.6) is 0 Å². The van der Waals surface area contributed by atoms with Gasteiger partial charge in [0.2, 0.25) is 9.76 Å². The quantitative estimate of drug-likeness (QED) is 0.455. The van der Waals surface area contributed by atoms with Crippen molar-refractivity contribution in [1.82, 2.24) is 0 Å². The number of hydrogen-bond acceptors (Lipinski definition) is 2. The van der Waals surface area contributed by atoms with E-state index in [1.165, 1.54) is 0 Å². The second kappa shape index (κ2) is 3.76. The van der Waals surface area contributed by atoms with Crippen LogP contribution in [0.1, 0.15) is 27.7 Å². The maximum absolute atomic E-state index is 9.89. The highest BCUT2D eigenvalue weighted by Crippen LogP contribution is 2.32. The molecule has 0 saturated heterocycles. The molecule has 0 aliphatic rings. The number of carbonyl (C=O) groups excluding carboxylic acids is 1. The van der Waals surface area contributed by atoms with E-state index in [4.69, 9.17) is 4.43 Å². The van der Waals surface area contributed by atoms with Crippen LogP contribution in [-0.4, -0.2) is 16.2 Å². The van der Waals surface area contributed by atoms with E-state index in [1.54, 1.807) is 0 Å². The first-order valence-corrected chi connectivity index (χ1v) is 4.84. The molecule has 2 nitrogen and oxygen atoms in total. The van der Waals surface area contributed by atoms with Crippen LogP contribution in [0.2, 0.25) is 5.04 Å². The number of carbonyl (C=O) groups is 1. The van der Waals surface area contributed by atoms with Gasteiger partial charge in [0.05, 0.1) is 0 Å². The average Bonchev–Trinajstić information content (AvgIpc) is 1.84. The maximum Gasteiger partial charge on any atom is 0.279 e. The summed E-state index contributed by atoms with van der Waals surface area (Å²) >= 11 is 0. The fourth-order valence-corrected chi connectivity index (χ4v) is 1.25. The summed E-state index contributed by atoms with van der Waals surface area (Å²) in [5.41, 5.74) is 0. The molecule has 0 fully saturated rings. The van der Waals surface area contributed by atoms with Crippen LogP contribution in [0.3, 0.4) is 0 Å². The van der Waals surface area contributed by atoms with E-state index in [2.05, 4.69) is 27.7 Å². The average molecular weight is 160 g/mol. The van der Waals surface area contributed by atoms with Gasteiger partial charge in [-0.1, -0.05) is 27.7 Å². The van der Waals surface area contributed by atoms with Crippen LogP contribution in [0.15, 0.2) is 0 Å². The molecule has 0 atom stereocenters. The molecule has 0 aromatic heterocycles. The third-order valence-corrected chi connectivity index (χ3v) is 3.95. The Bertz CT molecular complexity index is 110. The summed E-state index contributed by atoms with van der Waals surface area (Å²) in [5, 5.41) is 0.237. The van der Waals surface area contributed by atoms with Gasteiger partial charge in [-0.2, -0.15) is 0 Å². The van der Waals surface area contributed by atoms with Gasteiger partial charge in [-0.05, 0) is 11.0 Å². The van der Waals surface area contributed by atoms with Crippen molar-refractivity contribution in [2.45, 2.75) is 32.7 Å². The molecule has 0 aliphatic heterocycles. The summed E-state index contributed by atoms with van der Waals surface area (Å²) in [6.07, 6.45) is 0. The predicted molar refractivity (Wildman–Crippen MR) is 44.6 cm³/mol. The van der Waals surface area contributed by atoms with Gasteiger partial charge in [-0.25, -0.2) is 0 Å². The van der Waals surface area contributed by atoms with E-state index >= 15 is 0 Å². The van der Waals surface area contributed by atoms with E-state index in [-0.39, 0.29) is 5.04 Å². The fraction of sp³-hybridized carbons (Fsp3) is 0.857. The van der Waals surface area contributed by atoms with Gasteiger partial charge in [0.1, 0.15) is 0 Å². The second-order valence-electron chi connectivity index (χ2n) is 3.55. The highest BCUT2D eigenvalue weighted by atomic mass is 28.2. The third-order valence-electron chi connectivity index (χ3n) is 2.09. The zero-order chi connectivity index (χ0) is 8.20. The van der Waals surface area contributed by atoms with Gasteiger partial charge >= 0.3 is 0 Å². The monoisotopic (exact) mass is 160 g/mol. The van der Waals surface area contributed by atoms with Crippen molar-refractivity contribution < 1.29 is 9.22 Å². The molecule has 0 aliphatic carbocycles. The normalized spacial score (nSPS) is 12.9. The first-order chi connectivity index (χ1) is 4.50. The first-order valence-electron chi connectivity index (χ1n) is 3.56. The highest BCUT2D eigenvalue weighted by molar-refractivity contribution is 6.33. The minimum absolute atomic E-state index is 0.237. The Morgan fingerprint density at radius 1 is 1.50 bits per heavy atom. The molecule has 0 N–H and O–H groups in total. The molecule has 0 spiro atoms. The van der Waals surface area contributed by atoms with Gasteiger partial charge in [0, 0.05) is 0 Å². The Hall–Kier alpha value is -0.313. The fourth-order valence-electron chi connectivity index (χ4n) is 0.415. The lowest BCUT2D eigenvalue weighted by atomic mass is 9.99. The first kappa shape index (κ1) is 9.69. The largest absolute Gasteiger partial charge is 0.527 e. The van der Waals surface area contributed by atoms with E-state index in [9.17, 15) is 4.79 Å². The minimum atomic E-state index is -0.676. The van der Waals surface area contributed by atoms with E-state index in [0.717, 1.165) is 0 Å². The van der Waals surface area contributed by atoms with Crippen LogP contribution in [0.4, 0.5) is 0 Å². The van der Waals surface area contributed by atoms with Gasteiger partial charge in [-0.3, -0.25) is 4.79 Å². The Morgan fingerprint density at radius 2 is 2.00 bits per heavy atom. The van der Waals surface area contributed by atoms with E-state index < -0.39 is 9.76 Å². The topological polar surface area (TPSA) is 26.3 Å². The van der Waals surface area contributed by atoms with E-state index in [0.29, 0.717) is 12.4 Å². The third kappa shape index (κ3) is 3.01. The molecule has 0 amide bonds. The van der Waals surface area contributed by atoms with Gasteiger partial charge in [-0.15, -0.1) is 0 Å². The van der Waals surface area contributed by atoms with Crippen molar-refractivity contribution in [3.8, 4) is 0 Å². The summed E-state index contributed by atoms with van der Waals surface area (Å²) in [6.45, 7) is 9.17. The predicted octanol–water partition coefficient (Wildman–Crippen LogP) is 1.10. The van der Waals surface area contributed by atoms with Crippen molar-refractivity contribution >= 4 is 16.2 Å². The Kier molecular flexibility index (Phi) is 3.64. The molecule has 0 aromatic rings. The van der Waals surface area contributed by atoms with Crippen LogP contribution >= 0.6 is 0 Å². The second-order valence-corrected chi connectivity index (χ2v) is 5.99. The lowest BCUT2D eigenvalue weighted by molar-refractivity contribution is -0.120. The number of hydrogen-bond donors (Lipinski definition) is 0. The Balaban J connectivity index is 3.74. The van der Waals surface area contributed by atoms with Gasteiger partial charge in [0.15, 0.2) is 0 Å². The molecule has 0 saturated carbocycles. The number of rotatable bonds is 4. The summed E-state index contributed by atoms with van der Waals surface area (Å²) in [4.78, 5) is 9.89. The van der Waals surface area contributed by atoms with Crippen LogP contribution in [-0.2, 0) is 9.22 Å².